The van der Waals surface area contributed by atoms with Gasteiger partial charge in [-0.1, -0.05) is 127 Å². The number of hydrogen-bond acceptors (Lipinski definition) is 0. The van der Waals surface area contributed by atoms with E-state index in [9.17, 15) is 0 Å². The van der Waals surface area contributed by atoms with Crippen molar-refractivity contribution >= 4 is 11.1 Å². The molecule has 0 spiro atoms. The van der Waals surface area contributed by atoms with Crippen LogP contribution < -0.4 is 0 Å². The molecule has 5 aromatic carbocycles. The summed E-state index contributed by atoms with van der Waals surface area (Å²) in [6, 6.07) is 46.6. The Morgan fingerprint density at radius 1 is 0.364 bits per heavy atom. The lowest BCUT2D eigenvalue weighted by Crippen LogP contribution is -2.04. The predicted molar refractivity (Wildman–Crippen MR) is 138 cm³/mol. The zero-order valence-corrected chi connectivity index (χ0v) is 18.2. The largest absolute Gasteiger partial charge is 0.0622 e. The number of fused-ring (bicyclic) bond motifs is 6. The molecule has 154 valence electrons. The van der Waals surface area contributed by atoms with Crippen molar-refractivity contribution in [3.05, 3.63) is 155 Å². The van der Waals surface area contributed by atoms with Gasteiger partial charge in [0.1, 0.15) is 0 Å². The van der Waals surface area contributed by atoms with E-state index in [0.717, 1.165) is 0 Å². The Labute approximate surface area is 194 Å². The van der Waals surface area contributed by atoms with Gasteiger partial charge in [0, 0.05) is 5.92 Å². The highest BCUT2D eigenvalue weighted by Gasteiger charge is 2.36. The molecule has 0 bridgehead atoms. The van der Waals surface area contributed by atoms with Crippen LogP contribution in [0.15, 0.2) is 127 Å². The molecule has 0 atom stereocenters. The van der Waals surface area contributed by atoms with Gasteiger partial charge in [0.15, 0.2) is 0 Å². The lowest BCUT2D eigenvalue weighted by Gasteiger charge is -2.23. The molecular formula is C33H22. The summed E-state index contributed by atoms with van der Waals surface area (Å²) in [5, 5.41) is 0. The van der Waals surface area contributed by atoms with E-state index in [4.69, 9.17) is 0 Å². The van der Waals surface area contributed by atoms with E-state index in [2.05, 4.69) is 127 Å². The van der Waals surface area contributed by atoms with Gasteiger partial charge in [-0.2, -0.15) is 0 Å². The summed E-state index contributed by atoms with van der Waals surface area (Å²) >= 11 is 0. The van der Waals surface area contributed by atoms with Crippen LogP contribution in [0.5, 0.6) is 0 Å². The van der Waals surface area contributed by atoms with Crippen molar-refractivity contribution in [1.82, 2.24) is 0 Å². The molecule has 0 aromatic heterocycles. The van der Waals surface area contributed by atoms with E-state index in [1.54, 1.807) is 0 Å². The predicted octanol–water partition coefficient (Wildman–Crippen LogP) is 8.44. The molecule has 0 heteroatoms. The first-order valence-electron chi connectivity index (χ1n) is 11.6. The average Bonchev–Trinajstić information content (AvgIpc) is 3.39. The number of benzene rings is 5. The lowest BCUT2D eigenvalue weighted by molar-refractivity contribution is 1.09. The zero-order chi connectivity index (χ0) is 21.8. The number of allylic oxidation sites excluding steroid dienone is 1. The highest BCUT2D eigenvalue weighted by Crippen LogP contribution is 2.56. The molecule has 0 radical (unpaired) electrons. The van der Waals surface area contributed by atoms with Crippen LogP contribution in [0.2, 0.25) is 0 Å². The minimum atomic E-state index is 0.189. The summed E-state index contributed by atoms with van der Waals surface area (Å²) in [5.41, 5.74) is 14.9. The first-order chi connectivity index (χ1) is 16.4. The molecule has 0 nitrogen and oxygen atoms in total. The van der Waals surface area contributed by atoms with Crippen molar-refractivity contribution in [2.24, 2.45) is 0 Å². The summed E-state index contributed by atoms with van der Waals surface area (Å²) in [5.74, 6) is 0.189. The van der Waals surface area contributed by atoms with Crippen LogP contribution >= 0.6 is 0 Å². The summed E-state index contributed by atoms with van der Waals surface area (Å²) < 4.78 is 0. The molecule has 2 aliphatic rings. The molecule has 0 N–H and O–H groups in total. The van der Waals surface area contributed by atoms with Crippen molar-refractivity contribution in [2.75, 3.05) is 0 Å². The summed E-state index contributed by atoms with van der Waals surface area (Å²) in [4.78, 5) is 0. The molecule has 2 aliphatic carbocycles. The molecular weight excluding hydrogens is 396 g/mol. The fourth-order valence-corrected chi connectivity index (χ4v) is 5.85. The van der Waals surface area contributed by atoms with Gasteiger partial charge in [-0.15, -0.1) is 0 Å². The van der Waals surface area contributed by atoms with Crippen molar-refractivity contribution in [1.29, 1.82) is 0 Å². The van der Waals surface area contributed by atoms with E-state index in [0.29, 0.717) is 0 Å². The van der Waals surface area contributed by atoms with Crippen molar-refractivity contribution in [2.45, 2.75) is 5.92 Å². The molecule has 0 unspecified atom stereocenters. The number of hydrogen-bond donors (Lipinski definition) is 0. The normalized spacial score (nSPS) is 13.3. The van der Waals surface area contributed by atoms with Crippen LogP contribution in [0.3, 0.4) is 0 Å². The van der Waals surface area contributed by atoms with Gasteiger partial charge in [-0.3, -0.25) is 0 Å². The van der Waals surface area contributed by atoms with Crippen LogP contribution in [-0.4, -0.2) is 0 Å². The average molecular weight is 419 g/mol. The second-order valence-electron chi connectivity index (χ2n) is 8.85. The highest BCUT2D eigenvalue weighted by atomic mass is 14.4. The maximum absolute atomic E-state index is 2.32. The fourth-order valence-electron chi connectivity index (χ4n) is 5.85. The summed E-state index contributed by atoms with van der Waals surface area (Å²) in [6.45, 7) is 0. The van der Waals surface area contributed by atoms with Gasteiger partial charge in [0.25, 0.3) is 0 Å². The smallest absolute Gasteiger partial charge is 0.0364 e. The first-order valence-corrected chi connectivity index (χ1v) is 11.6. The molecule has 33 heavy (non-hydrogen) atoms. The second-order valence-corrected chi connectivity index (χ2v) is 8.85. The minimum absolute atomic E-state index is 0.189. The standard InChI is InChI=1S/C33H22/c1-2-12-22(13-3-1)31(32-27-18-8-4-14-23(27)24-15-5-9-19-28(24)32)33-29-20-10-6-16-25(29)26-17-7-11-21-30(26)33/h1-21,32H. The van der Waals surface area contributed by atoms with E-state index >= 15 is 0 Å². The number of rotatable bonds is 2. The van der Waals surface area contributed by atoms with Crippen LogP contribution in [0.25, 0.3) is 33.4 Å². The maximum Gasteiger partial charge on any atom is 0.0364 e. The zero-order valence-electron chi connectivity index (χ0n) is 18.2. The molecule has 0 saturated heterocycles. The summed E-state index contributed by atoms with van der Waals surface area (Å²) in [6.07, 6.45) is 0. The van der Waals surface area contributed by atoms with E-state index in [1.807, 2.05) is 0 Å². The molecule has 0 fully saturated rings. The third-order valence-electron chi connectivity index (χ3n) is 7.16. The summed E-state index contributed by atoms with van der Waals surface area (Å²) in [7, 11) is 0. The van der Waals surface area contributed by atoms with E-state index < -0.39 is 0 Å². The third kappa shape index (κ3) is 2.64. The Hall–Kier alpha value is -4.16. The third-order valence-corrected chi connectivity index (χ3v) is 7.16. The Balaban J connectivity index is 1.64. The van der Waals surface area contributed by atoms with Crippen molar-refractivity contribution in [3.63, 3.8) is 0 Å². The molecule has 0 aliphatic heterocycles. The fraction of sp³-hybridized carbons (Fsp3) is 0.0303. The Kier molecular flexibility index (Phi) is 4.01. The van der Waals surface area contributed by atoms with Crippen molar-refractivity contribution in [3.8, 4) is 22.3 Å². The van der Waals surface area contributed by atoms with Crippen LogP contribution in [-0.2, 0) is 0 Å². The lowest BCUT2D eigenvalue weighted by atomic mass is 9.80. The van der Waals surface area contributed by atoms with Gasteiger partial charge in [0.2, 0.25) is 0 Å². The molecule has 0 heterocycles. The first kappa shape index (κ1) is 18.4. The van der Waals surface area contributed by atoms with Crippen LogP contribution in [0, 0.1) is 0 Å². The maximum atomic E-state index is 2.32. The van der Waals surface area contributed by atoms with Gasteiger partial charge in [0.05, 0.1) is 0 Å². The highest BCUT2D eigenvalue weighted by molar-refractivity contribution is 6.12. The van der Waals surface area contributed by atoms with Gasteiger partial charge in [-0.25, -0.2) is 0 Å². The van der Waals surface area contributed by atoms with Crippen LogP contribution in [0.1, 0.15) is 33.7 Å². The van der Waals surface area contributed by atoms with Crippen molar-refractivity contribution < 1.29 is 0 Å². The van der Waals surface area contributed by atoms with Gasteiger partial charge in [-0.05, 0) is 61.2 Å². The molecule has 0 saturated carbocycles. The minimum Gasteiger partial charge on any atom is -0.0622 e. The topological polar surface area (TPSA) is 0 Å². The molecule has 0 amide bonds. The second kappa shape index (κ2) is 7.18. The van der Waals surface area contributed by atoms with Gasteiger partial charge < -0.3 is 0 Å². The Bertz CT molecular complexity index is 1460. The quantitative estimate of drug-likeness (QED) is 0.265. The SMILES string of the molecule is c1ccc(C(=C2c3ccccc3-c3ccccc32)C2c3ccccc3-c3ccccc32)cc1. The monoisotopic (exact) mass is 418 g/mol. The van der Waals surface area contributed by atoms with Crippen LogP contribution in [0.4, 0.5) is 0 Å². The Morgan fingerprint density at radius 3 is 1.27 bits per heavy atom. The van der Waals surface area contributed by atoms with E-state index in [-0.39, 0.29) is 5.92 Å². The molecule has 7 rings (SSSR count). The van der Waals surface area contributed by atoms with E-state index in [1.165, 1.54) is 61.2 Å². The Morgan fingerprint density at radius 2 is 0.758 bits per heavy atom. The van der Waals surface area contributed by atoms with Gasteiger partial charge >= 0.3 is 0 Å². The molecule has 5 aromatic rings.